The highest BCUT2D eigenvalue weighted by molar-refractivity contribution is 6.88. The molecule has 0 aliphatic carbocycles. The molecule has 0 fully saturated rings. The highest BCUT2D eigenvalue weighted by Gasteiger charge is 2.20. The van der Waals surface area contributed by atoms with Gasteiger partial charge >= 0.3 is 0 Å². The molecule has 0 aliphatic heterocycles. The van der Waals surface area contributed by atoms with E-state index in [4.69, 9.17) is 0 Å². The van der Waals surface area contributed by atoms with Gasteiger partial charge in [-0.25, -0.2) is 0 Å². The van der Waals surface area contributed by atoms with Crippen LogP contribution >= 0.6 is 0 Å². The van der Waals surface area contributed by atoms with Gasteiger partial charge in [0.15, 0.2) is 0 Å². The molecular formula is C8H14N2Si. The van der Waals surface area contributed by atoms with Crippen molar-refractivity contribution in [3.05, 3.63) is 17.8 Å². The molecule has 3 heteroatoms. The molecule has 2 nitrogen and oxygen atoms in total. The largest absolute Gasteiger partial charge is 0.160 e. The van der Waals surface area contributed by atoms with Crippen LogP contribution < -0.4 is 5.32 Å². The van der Waals surface area contributed by atoms with E-state index in [1.807, 2.05) is 6.07 Å². The van der Waals surface area contributed by atoms with Gasteiger partial charge in [-0.3, -0.25) is 0 Å². The van der Waals surface area contributed by atoms with Crippen LogP contribution in [0.5, 0.6) is 0 Å². The second-order valence-electron chi connectivity index (χ2n) is 3.81. The molecule has 0 amide bonds. The molecule has 0 aromatic carbocycles. The Morgan fingerprint density at radius 1 is 1.27 bits per heavy atom. The fourth-order valence-corrected chi connectivity index (χ4v) is 2.76. The third-order valence-corrected chi connectivity index (χ3v) is 3.55. The van der Waals surface area contributed by atoms with Gasteiger partial charge in [-0.1, -0.05) is 19.6 Å². The van der Waals surface area contributed by atoms with Gasteiger partial charge in [-0.15, -0.1) is 0 Å². The van der Waals surface area contributed by atoms with Crippen molar-refractivity contribution in [3.63, 3.8) is 0 Å². The number of rotatable bonds is 1. The van der Waals surface area contributed by atoms with E-state index in [0.29, 0.717) is 0 Å². The van der Waals surface area contributed by atoms with Crippen LogP contribution in [-0.2, 0) is 0 Å². The second kappa shape index (κ2) is 2.74. The SMILES string of the molecule is Cc1ccnnc1[Si](C)(C)C. The van der Waals surface area contributed by atoms with Crippen molar-refractivity contribution >= 4 is 13.4 Å². The average Bonchev–Trinajstić information content (AvgIpc) is 1.86. The maximum absolute atomic E-state index is 4.16. The summed E-state index contributed by atoms with van der Waals surface area (Å²) in [5, 5.41) is 9.28. The van der Waals surface area contributed by atoms with Gasteiger partial charge in [0.25, 0.3) is 0 Å². The molecule has 0 aliphatic rings. The number of hydrogen-bond acceptors (Lipinski definition) is 2. The first-order valence-corrected chi connectivity index (χ1v) is 7.30. The van der Waals surface area contributed by atoms with Crippen molar-refractivity contribution in [2.45, 2.75) is 26.6 Å². The molecule has 0 spiro atoms. The Morgan fingerprint density at radius 2 is 1.91 bits per heavy atom. The van der Waals surface area contributed by atoms with Gasteiger partial charge in [0.2, 0.25) is 0 Å². The lowest BCUT2D eigenvalue weighted by Crippen LogP contribution is -2.42. The molecular weight excluding hydrogens is 152 g/mol. The Bertz CT molecular complexity index is 253. The highest BCUT2D eigenvalue weighted by Crippen LogP contribution is 2.02. The Labute approximate surface area is 68.7 Å². The standard InChI is InChI=1S/C8H14N2Si/c1-7-5-6-9-10-8(7)11(2,3)4/h5-6H,1-4H3. The van der Waals surface area contributed by atoms with Crippen molar-refractivity contribution in [2.24, 2.45) is 0 Å². The zero-order valence-corrected chi connectivity index (χ0v) is 8.55. The number of hydrogen-bond donors (Lipinski definition) is 0. The average molecular weight is 166 g/mol. The summed E-state index contributed by atoms with van der Waals surface area (Å²) in [7, 11) is -1.25. The predicted octanol–water partition coefficient (Wildman–Crippen LogP) is 1.33. The third-order valence-electron chi connectivity index (χ3n) is 1.63. The summed E-state index contributed by atoms with van der Waals surface area (Å²) >= 11 is 0. The summed E-state index contributed by atoms with van der Waals surface area (Å²) in [5.74, 6) is 0. The normalized spacial score (nSPS) is 11.6. The van der Waals surface area contributed by atoms with Crippen molar-refractivity contribution in [1.82, 2.24) is 10.2 Å². The van der Waals surface area contributed by atoms with Crippen LogP contribution in [-0.4, -0.2) is 18.3 Å². The van der Waals surface area contributed by atoms with Gasteiger partial charge in [0.05, 0.1) is 0 Å². The summed E-state index contributed by atoms with van der Waals surface area (Å²) in [4.78, 5) is 0. The second-order valence-corrected chi connectivity index (χ2v) is 8.79. The minimum atomic E-state index is -1.25. The molecule has 0 atom stereocenters. The monoisotopic (exact) mass is 166 g/mol. The van der Waals surface area contributed by atoms with Crippen LogP contribution in [0.15, 0.2) is 12.3 Å². The molecule has 1 rings (SSSR count). The first-order valence-electron chi connectivity index (χ1n) is 3.80. The van der Waals surface area contributed by atoms with Crippen molar-refractivity contribution < 1.29 is 0 Å². The first kappa shape index (κ1) is 8.39. The molecule has 0 saturated carbocycles. The maximum atomic E-state index is 4.16. The predicted molar refractivity (Wildman–Crippen MR) is 49.7 cm³/mol. The van der Waals surface area contributed by atoms with Crippen LogP contribution in [0.2, 0.25) is 19.6 Å². The Kier molecular flexibility index (Phi) is 2.09. The summed E-state index contributed by atoms with van der Waals surface area (Å²) in [6.45, 7) is 8.94. The van der Waals surface area contributed by atoms with E-state index in [-0.39, 0.29) is 0 Å². The summed E-state index contributed by atoms with van der Waals surface area (Å²) in [6, 6.07) is 2.03. The van der Waals surface area contributed by atoms with Crippen molar-refractivity contribution in [1.29, 1.82) is 0 Å². The van der Waals surface area contributed by atoms with Crippen LogP contribution in [0.3, 0.4) is 0 Å². The van der Waals surface area contributed by atoms with E-state index in [1.165, 1.54) is 10.9 Å². The topological polar surface area (TPSA) is 25.8 Å². The van der Waals surface area contributed by atoms with Gasteiger partial charge in [0, 0.05) is 11.5 Å². The first-order chi connectivity index (χ1) is 5.02. The van der Waals surface area contributed by atoms with E-state index in [0.717, 1.165) is 0 Å². The fourth-order valence-electron chi connectivity index (χ4n) is 1.14. The molecule has 0 bridgehead atoms. The lowest BCUT2D eigenvalue weighted by atomic mass is 10.4. The zero-order chi connectivity index (χ0) is 8.48. The molecule has 0 N–H and O–H groups in total. The minimum Gasteiger partial charge on any atom is -0.160 e. The van der Waals surface area contributed by atoms with Gasteiger partial charge in [-0.05, 0) is 18.6 Å². The summed E-state index contributed by atoms with van der Waals surface area (Å²) in [5.41, 5.74) is 1.28. The van der Waals surface area contributed by atoms with E-state index in [9.17, 15) is 0 Å². The quantitative estimate of drug-likeness (QED) is 0.588. The molecule has 0 unspecified atom stereocenters. The lowest BCUT2D eigenvalue weighted by molar-refractivity contribution is 1.04. The number of aryl methyl sites for hydroxylation is 1. The van der Waals surface area contributed by atoms with E-state index in [2.05, 4.69) is 36.8 Å². The van der Waals surface area contributed by atoms with Crippen LogP contribution in [0.4, 0.5) is 0 Å². The third kappa shape index (κ3) is 1.86. The van der Waals surface area contributed by atoms with Crippen molar-refractivity contribution in [3.8, 4) is 0 Å². The smallest absolute Gasteiger partial charge is 0.104 e. The highest BCUT2D eigenvalue weighted by atomic mass is 28.3. The van der Waals surface area contributed by atoms with E-state index < -0.39 is 8.07 Å². The van der Waals surface area contributed by atoms with Gasteiger partial charge in [-0.2, -0.15) is 10.2 Å². The summed E-state index contributed by atoms with van der Waals surface area (Å²) < 4.78 is 0. The number of aromatic nitrogens is 2. The fraction of sp³-hybridized carbons (Fsp3) is 0.500. The molecule has 0 radical (unpaired) electrons. The maximum Gasteiger partial charge on any atom is 0.104 e. The van der Waals surface area contributed by atoms with Crippen LogP contribution in [0.1, 0.15) is 5.56 Å². The lowest BCUT2D eigenvalue weighted by Gasteiger charge is -2.15. The molecule has 1 aromatic rings. The van der Waals surface area contributed by atoms with Gasteiger partial charge < -0.3 is 0 Å². The van der Waals surface area contributed by atoms with Crippen LogP contribution in [0.25, 0.3) is 0 Å². The number of nitrogens with zero attached hydrogens (tertiary/aromatic N) is 2. The molecule has 1 heterocycles. The minimum absolute atomic E-state index is 1.22. The van der Waals surface area contributed by atoms with Crippen molar-refractivity contribution in [2.75, 3.05) is 0 Å². The Balaban J connectivity index is 3.14. The Morgan fingerprint density at radius 3 is 2.27 bits per heavy atom. The van der Waals surface area contributed by atoms with Crippen LogP contribution in [0, 0.1) is 6.92 Å². The molecule has 0 saturated heterocycles. The molecule has 11 heavy (non-hydrogen) atoms. The Hall–Kier alpha value is -0.703. The van der Waals surface area contributed by atoms with E-state index >= 15 is 0 Å². The molecule has 1 aromatic heterocycles. The van der Waals surface area contributed by atoms with E-state index in [1.54, 1.807) is 6.20 Å². The summed E-state index contributed by atoms with van der Waals surface area (Å²) in [6.07, 6.45) is 1.75. The zero-order valence-electron chi connectivity index (χ0n) is 7.55. The van der Waals surface area contributed by atoms with Gasteiger partial charge in [0.1, 0.15) is 8.07 Å². The molecule has 60 valence electrons.